The number of hydrogen-bond donors (Lipinski definition) is 0. The third kappa shape index (κ3) is 7.31. The lowest BCUT2D eigenvalue weighted by Crippen LogP contribution is -2.13. The van der Waals surface area contributed by atoms with Crippen LogP contribution in [-0.2, 0) is 19.1 Å². The second-order valence-corrected chi connectivity index (χ2v) is 3.31. The Balaban J connectivity index is 3.45. The molecule has 4 heteroatoms. The van der Waals surface area contributed by atoms with Gasteiger partial charge in [0.05, 0.1) is 13.2 Å². The molecule has 0 amide bonds. The molecule has 0 saturated carbocycles. The maximum absolute atomic E-state index is 9.87. The van der Waals surface area contributed by atoms with Crippen molar-refractivity contribution in [3.05, 3.63) is 0 Å². The van der Waals surface area contributed by atoms with Gasteiger partial charge in [0.2, 0.25) is 0 Å². The van der Waals surface area contributed by atoms with Gasteiger partial charge in [-0.25, -0.2) is 0 Å². The summed E-state index contributed by atoms with van der Waals surface area (Å²) in [5.41, 5.74) is 0. The first kappa shape index (κ1) is 11.9. The molecular weight excluding hydrogens is 172 g/mol. The molecule has 0 aliphatic carbocycles. The maximum Gasteiger partial charge on any atom is 0.293 e. The van der Waals surface area contributed by atoms with E-state index in [0.717, 1.165) is 6.42 Å². The molecule has 0 saturated heterocycles. The predicted molar refractivity (Wildman–Crippen MR) is 47.0 cm³/mol. The Bertz CT molecular complexity index is 131. The lowest BCUT2D eigenvalue weighted by atomic mass is 9.99. The van der Waals surface area contributed by atoms with Crippen LogP contribution >= 0.6 is 0 Å². The van der Waals surface area contributed by atoms with Crippen LogP contribution < -0.4 is 0 Å². The van der Waals surface area contributed by atoms with Gasteiger partial charge in [-0.1, -0.05) is 13.8 Å². The van der Waals surface area contributed by atoms with Gasteiger partial charge < -0.3 is 9.47 Å². The number of carbonyl (C=O) groups excluding carboxylic acids is 2. The third-order valence-corrected chi connectivity index (χ3v) is 1.70. The number of carbonyl (C=O) groups is 2. The van der Waals surface area contributed by atoms with Crippen LogP contribution in [0.4, 0.5) is 0 Å². The highest BCUT2D eigenvalue weighted by atomic mass is 16.5. The molecule has 2 unspecified atom stereocenters. The number of rotatable bonds is 8. The molecule has 0 N–H and O–H groups in total. The quantitative estimate of drug-likeness (QED) is 0.533. The van der Waals surface area contributed by atoms with Crippen LogP contribution in [0.2, 0.25) is 0 Å². The molecule has 13 heavy (non-hydrogen) atoms. The third-order valence-electron chi connectivity index (χ3n) is 1.70. The van der Waals surface area contributed by atoms with Crippen LogP contribution in [0.15, 0.2) is 0 Å². The summed E-state index contributed by atoms with van der Waals surface area (Å²) in [4.78, 5) is 19.7. The van der Waals surface area contributed by atoms with Crippen molar-refractivity contribution in [1.29, 1.82) is 0 Å². The first-order chi connectivity index (χ1) is 6.20. The average molecular weight is 188 g/mol. The van der Waals surface area contributed by atoms with Crippen LogP contribution in [0.5, 0.6) is 0 Å². The van der Waals surface area contributed by atoms with Gasteiger partial charge in [-0.15, -0.1) is 0 Å². The molecule has 0 spiro atoms. The summed E-state index contributed by atoms with van der Waals surface area (Å²) in [6.07, 6.45) is 0.877. The van der Waals surface area contributed by atoms with Gasteiger partial charge in [-0.05, 0) is 18.3 Å². The van der Waals surface area contributed by atoms with Gasteiger partial charge in [0.1, 0.15) is 0 Å². The van der Waals surface area contributed by atoms with Crippen LogP contribution in [-0.4, -0.2) is 26.2 Å². The lowest BCUT2D eigenvalue weighted by molar-refractivity contribution is -0.130. The maximum atomic E-state index is 9.87. The van der Waals surface area contributed by atoms with Crippen molar-refractivity contribution in [2.75, 3.05) is 13.2 Å². The highest BCUT2D eigenvalue weighted by Crippen LogP contribution is 2.11. The highest BCUT2D eigenvalue weighted by molar-refractivity contribution is 5.37. The van der Waals surface area contributed by atoms with Gasteiger partial charge in [-0.3, -0.25) is 9.59 Å². The summed E-state index contributed by atoms with van der Waals surface area (Å²) in [6, 6.07) is 0. The fourth-order valence-corrected chi connectivity index (χ4v) is 1.23. The molecule has 76 valence electrons. The van der Waals surface area contributed by atoms with Crippen molar-refractivity contribution in [3.63, 3.8) is 0 Å². The zero-order chi connectivity index (χ0) is 10.1. The Morgan fingerprint density at radius 3 is 1.69 bits per heavy atom. The van der Waals surface area contributed by atoms with Crippen molar-refractivity contribution >= 4 is 12.9 Å². The Labute approximate surface area is 78.2 Å². The summed E-state index contributed by atoms with van der Waals surface area (Å²) in [7, 11) is 0. The minimum Gasteiger partial charge on any atom is -0.468 e. The predicted octanol–water partition coefficient (Wildman–Crippen LogP) is 0.995. The smallest absolute Gasteiger partial charge is 0.293 e. The second kappa shape index (κ2) is 7.58. The molecule has 0 rings (SSSR count). The molecule has 0 heterocycles. The van der Waals surface area contributed by atoms with Crippen LogP contribution in [0.3, 0.4) is 0 Å². The van der Waals surface area contributed by atoms with Crippen LogP contribution in [0.25, 0.3) is 0 Å². The van der Waals surface area contributed by atoms with Crippen molar-refractivity contribution in [1.82, 2.24) is 0 Å². The lowest BCUT2D eigenvalue weighted by Gasteiger charge is -2.14. The monoisotopic (exact) mass is 188 g/mol. The minimum absolute atomic E-state index is 0.301. The van der Waals surface area contributed by atoms with Gasteiger partial charge in [0.15, 0.2) is 0 Å². The molecule has 0 aliphatic rings. The SMILES string of the molecule is CC(COC=O)CC(C)COC=O. The van der Waals surface area contributed by atoms with E-state index in [1.165, 1.54) is 0 Å². The van der Waals surface area contributed by atoms with Gasteiger partial charge >= 0.3 is 0 Å². The van der Waals surface area contributed by atoms with Gasteiger partial charge in [0, 0.05) is 0 Å². The molecule has 0 aromatic rings. The fraction of sp³-hybridized carbons (Fsp3) is 0.778. The van der Waals surface area contributed by atoms with E-state index in [1.807, 2.05) is 13.8 Å². The molecule has 0 radical (unpaired) electrons. The second-order valence-electron chi connectivity index (χ2n) is 3.31. The normalized spacial score (nSPS) is 14.3. The van der Waals surface area contributed by atoms with Crippen molar-refractivity contribution in [2.45, 2.75) is 20.3 Å². The Morgan fingerprint density at radius 2 is 1.38 bits per heavy atom. The van der Waals surface area contributed by atoms with Crippen LogP contribution in [0.1, 0.15) is 20.3 Å². The zero-order valence-corrected chi connectivity index (χ0v) is 8.06. The molecule has 0 aromatic heterocycles. The van der Waals surface area contributed by atoms with Crippen LogP contribution in [0, 0.1) is 11.8 Å². The zero-order valence-electron chi connectivity index (χ0n) is 8.06. The van der Waals surface area contributed by atoms with Crippen molar-refractivity contribution in [2.24, 2.45) is 11.8 Å². The first-order valence-electron chi connectivity index (χ1n) is 4.31. The van der Waals surface area contributed by atoms with Gasteiger partial charge in [0.25, 0.3) is 12.9 Å². The Hall–Kier alpha value is -1.06. The first-order valence-corrected chi connectivity index (χ1v) is 4.31. The summed E-state index contributed by atoms with van der Waals surface area (Å²) in [5.74, 6) is 0.603. The number of ether oxygens (including phenoxy) is 2. The molecular formula is C9H16O4. The van der Waals surface area contributed by atoms with E-state index < -0.39 is 0 Å². The van der Waals surface area contributed by atoms with E-state index in [1.54, 1.807) is 0 Å². The van der Waals surface area contributed by atoms with E-state index in [9.17, 15) is 9.59 Å². The fourth-order valence-electron chi connectivity index (χ4n) is 1.23. The standard InChI is InChI=1S/C9H16O4/c1-8(4-12-6-10)3-9(2)5-13-7-11/h6-9H,3-5H2,1-2H3. The molecule has 0 bridgehead atoms. The molecule has 2 atom stereocenters. The van der Waals surface area contributed by atoms with E-state index in [4.69, 9.17) is 0 Å². The van der Waals surface area contributed by atoms with Gasteiger partial charge in [-0.2, -0.15) is 0 Å². The molecule has 0 aromatic carbocycles. The Kier molecular flexibility index (Phi) is 6.96. The summed E-state index contributed by atoms with van der Waals surface area (Å²) in [6.45, 7) is 5.72. The molecule has 0 fully saturated rings. The summed E-state index contributed by atoms with van der Waals surface area (Å²) < 4.78 is 9.22. The van der Waals surface area contributed by atoms with Crippen molar-refractivity contribution < 1.29 is 19.1 Å². The van der Waals surface area contributed by atoms with E-state index in [2.05, 4.69) is 9.47 Å². The summed E-state index contributed by atoms with van der Waals surface area (Å²) in [5, 5.41) is 0. The molecule has 4 nitrogen and oxygen atoms in total. The number of hydrogen-bond acceptors (Lipinski definition) is 4. The topological polar surface area (TPSA) is 52.6 Å². The average Bonchev–Trinajstić information content (AvgIpc) is 2.11. The largest absolute Gasteiger partial charge is 0.468 e. The van der Waals surface area contributed by atoms with E-state index in [0.29, 0.717) is 38.0 Å². The van der Waals surface area contributed by atoms with Crippen molar-refractivity contribution in [3.8, 4) is 0 Å². The van der Waals surface area contributed by atoms with E-state index >= 15 is 0 Å². The molecule has 0 aliphatic heterocycles. The minimum atomic E-state index is 0.301. The van der Waals surface area contributed by atoms with E-state index in [-0.39, 0.29) is 0 Å². The summed E-state index contributed by atoms with van der Waals surface area (Å²) >= 11 is 0. The Morgan fingerprint density at radius 1 is 1.00 bits per heavy atom. The highest BCUT2D eigenvalue weighted by Gasteiger charge is 2.09.